The van der Waals surface area contributed by atoms with Gasteiger partial charge in [-0.15, -0.1) is 12.4 Å². The molecular weight excluding hydrogens is 288 g/mol. The third-order valence-corrected chi connectivity index (χ3v) is 3.15. The summed E-state index contributed by atoms with van der Waals surface area (Å²) in [6.45, 7) is -0.0671. The van der Waals surface area contributed by atoms with Gasteiger partial charge in [0.15, 0.2) is 0 Å². The summed E-state index contributed by atoms with van der Waals surface area (Å²) in [6.07, 6.45) is -4.13. The van der Waals surface area contributed by atoms with Gasteiger partial charge in [-0.1, -0.05) is 17.7 Å². The predicted octanol–water partition coefficient (Wildman–Crippen LogP) is 3.31. The summed E-state index contributed by atoms with van der Waals surface area (Å²) in [7, 11) is 0. The fraction of sp³-hybridized carbons (Fsp3) is 0.455. The molecule has 2 nitrogen and oxygen atoms in total. The van der Waals surface area contributed by atoms with Crippen molar-refractivity contribution in [2.75, 3.05) is 25.4 Å². The van der Waals surface area contributed by atoms with Crippen LogP contribution in [0.5, 0.6) is 0 Å². The van der Waals surface area contributed by atoms with E-state index in [-0.39, 0.29) is 18.3 Å². The molecule has 0 amide bonds. The maximum Gasteiger partial charge on any atom is 0.401 e. The number of hydrogen-bond donors (Lipinski definition) is 1. The van der Waals surface area contributed by atoms with Crippen molar-refractivity contribution in [1.29, 1.82) is 0 Å². The van der Waals surface area contributed by atoms with Crippen molar-refractivity contribution in [2.45, 2.75) is 12.1 Å². The first-order valence-corrected chi connectivity index (χ1v) is 5.57. The molecule has 0 bridgehead atoms. The van der Waals surface area contributed by atoms with Crippen LogP contribution in [-0.2, 0) is 0 Å². The van der Waals surface area contributed by atoms with Crippen LogP contribution in [0, 0.1) is 0 Å². The van der Waals surface area contributed by atoms with E-state index in [1.807, 2.05) is 0 Å². The fourth-order valence-electron chi connectivity index (χ4n) is 2.02. The molecule has 0 unspecified atom stereocenters. The van der Waals surface area contributed by atoms with Gasteiger partial charge in [-0.2, -0.15) is 13.2 Å². The van der Waals surface area contributed by atoms with Crippen LogP contribution in [0.1, 0.15) is 11.5 Å². The van der Waals surface area contributed by atoms with E-state index in [1.165, 1.54) is 4.90 Å². The number of nitrogen functional groups attached to an aromatic ring is 1. The zero-order valence-corrected chi connectivity index (χ0v) is 10.9. The molecule has 7 heteroatoms. The van der Waals surface area contributed by atoms with Gasteiger partial charge in [0.25, 0.3) is 0 Å². The average Bonchev–Trinajstić information content (AvgIpc) is 2.10. The highest BCUT2D eigenvalue weighted by molar-refractivity contribution is 6.31. The highest BCUT2D eigenvalue weighted by atomic mass is 35.5. The van der Waals surface area contributed by atoms with E-state index in [0.29, 0.717) is 23.8 Å². The van der Waals surface area contributed by atoms with Gasteiger partial charge in [-0.3, -0.25) is 4.90 Å². The van der Waals surface area contributed by atoms with Crippen LogP contribution < -0.4 is 5.73 Å². The molecule has 102 valence electrons. The molecule has 1 heterocycles. The standard InChI is InChI=1S/C11H12ClF3N2.ClH/c12-10-3-8(16)1-2-9(10)7-4-17(5-7)6-11(13,14)15;/h1-3,7H,4-6,16H2;1H. The van der Waals surface area contributed by atoms with Crippen molar-refractivity contribution < 1.29 is 13.2 Å². The molecule has 0 saturated carbocycles. The Hall–Kier alpha value is -0.650. The number of nitrogens with zero attached hydrogens (tertiary/aromatic N) is 1. The Balaban J connectivity index is 0.00000162. The number of hydrogen-bond acceptors (Lipinski definition) is 2. The van der Waals surface area contributed by atoms with Gasteiger partial charge in [-0.25, -0.2) is 0 Å². The fourth-order valence-corrected chi connectivity index (χ4v) is 2.37. The molecule has 1 aromatic carbocycles. The summed E-state index contributed by atoms with van der Waals surface area (Å²) in [5.41, 5.74) is 6.99. The highest BCUT2D eigenvalue weighted by Crippen LogP contribution is 2.34. The van der Waals surface area contributed by atoms with E-state index in [4.69, 9.17) is 17.3 Å². The van der Waals surface area contributed by atoms with E-state index in [0.717, 1.165) is 5.56 Å². The minimum atomic E-state index is -4.13. The molecule has 2 N–H and O–H groups in total. The maximum absolute atomic E-state index is 12.1. The molecule has 0 radical (unpaired) electrons. The first-order valence-electron chi connectivity index (χ1n) is 5.19. The zero-order chi connectivity index (χ0) is 12.6. The molecule has 18 heavy (non-hydrogen) atoms. The van der Waals surface area contributed by atoms with Crippen molar-refractivity contribution in [3.8, 4) is 0 Å². The van der Waals surface area contributed by atoms with Crippen molar-refractivity contribution in [3.05, 3.63) is 28.8 Å². The Kier molecular flexibility index (Phi) is 4.75. The van der Waals surface area contributed by atoms with Gasteiger partial charge in [0.05, 0.1) is 6.54 Å². The summed E-state index contributed by atoms with van der Waals surface area (Å²) in [5.74, 6) is 0.0745. The first-order chi connectivity index (χ1) is 7.85. The minimum absolute atomic E-state index is 0. The molecule has 0 spiro atoms. The Bertz CT molecular complexity index is 417. The van der Waals surface area contributed by atoms with Crippen molar-refractivity contribution in [3.63, 3.8) is 0 Å². The zero-order valence-electron chi connectivity index (χ0n) is 9.38. The van der Waals surface area contributed by atoms with Gasteiger partial charge < -0.3 is 5.73 Å². The number of anilines is 1. The molecule has 1 aliphatic rings. The lowest BCUT2D eigenvalue weighted by Crippen LogP contribution is -2.49. The third-order valence-electron chi connectivity index (χ3n) is 2.82. The third kappa shape index (κ3) is 3.67. The first kappa shape index (κ1) is 15.4. The van der Waals surface area contributed by atoms with Crippen LogP contribution in [-0.4, -0.2) is 30.7 Å². The van der Waals surface area contributed by atoms with Gasteiger partial charge in [0.2, 0.25) is 0 Å². The van der Waals surface area contributed by atoms with Crippen LogP contribution in [0.3, 0.4) is 0 Å². The topological polar surface area (TPSA) is 29.3 Å². The molecular formula is C11H13Cl2F3N2. The normalized spacial score (nSPS) is 17.1. The van der Waals surface area contributed by atoms with Gasteiger partial charge in [-0.05, 0) is 17.7 Å². The smallest absolute Gasteiger partial charge is 0.399 e. The van der Waals surface area contributed by atoms with E-state index >= 15 is 0 Å². The van der Waals surface area contributed by atoms with Crippen LogP contribution in [0.4, 0.5) is 18.9 Å². The molecule has 1 saturated heterocycles. The van der Waals surface area contributed by atoms with Gasteiger partial charge in [0, 0.05) is 29.7 Å². The second-order valence-electron chi connectivity index (χ2n) is 4.29. The van der Waals surface area contributed by atoms with Crippen LogP contribution in [0.2, 0.25) is 5.02 Å². The molecule has 1 aromatic rings. The predicted molar refractivity (Wildman–Crippen MR) is 68.3 cm³/mol. The Morgan fingerprint density at radius 3 is 2.44 bits per heavy atom. The largest absolute Gasteiger partial charge is 0.401 e. The van der Waals surface area contributed by atoms with Gasteiger partial charge in [0.1, 0.15) is 0 Å². The monoisotopic (exact) mass is 300 g/mol. The molecule has 1 fully saturated rings. The van der Waals surface area contributed by atoms with Crippen molar-refractivity contribution >= 4 is 29.7 Å². The molecule has 2 rings (SSSR count). The molecule has 0 aliphatic carbocycles. The van der Waals surface area contributed by atoms with E-state index in [2.05, 4.69) is 0 Å². The minimum Gasteiger partial charge on any atom is -0.399 e. The number of alkyl halides is 3. The average molecular weight is 301 g/mol. The van der Waals surface area contributed by atoms with E-state index in [9.17, 15) is 13.2 Å². The van der Waals surface area contributed by atoms with Gasteiger partial charge >= 0.3 is 6.18 Å². The van der Waals surface area contributed by atoms with Crippen molar-refractivity contribution in [2.24, 2.45) is 0 Å². The summed E-state index contributed by atoms with van der Waals surface area (Å²) < 4.78 is 36.3. The number of benzene rings is 1. The Labute approximate surface area is 114 Å². The second-order valence-corrected chi connectivity index (χ2v) is 4.69. The number of nitrogens with two attached hydrogens (primary N) is 1. The Morgan fingerprint density at radius 2 is 1.94 bits per heavy atom. The number of halogens is 5. The van der Waals surface area contributed by atoms with Crippen molar-refractivity contribution in [1.82, 2.24) is 4.90 Å². The highest BCUT2D eigenvalue weighted by Gasteiger charge is 2.37. The number of likely N-dealkylation sites (tertiary alicyclic amines) is 1. The van der Waals surface area contributed by atoms with E-state index in [1.54, 1.807) is 18.2 Å². The summed E-state index contributed by atoms with van der Waals surface area (Å²) in [5, 5.41) is 0.529. The lowest BCUT2D eigenvalue weighted by molar-refractivity contribution is -0.154. The van der Waals surface area contributed by atoms with Crippen LogP contribution >= 0.6 is 24.0 Å². The summed E-state index contributed by atoms with van der Waals surface area (Å²) in [4.78, 5) is 1.36. The van der Waals surface area contributed by atoms with E-state index < -0.39 is 12.7 Å². The maximum atomic E-state index is 12.1. The summed E-state index contributed by atoms with van der Waals surface area (Å²) >= 11 is 6.00. The second kappa shape index (κ2) is 5.55. The number of rotatable bonds is 2. The quantitative estimate of drug-likeness (QED) is 0.849. The SMILES string of the molecule is Cl.Nc1ccc(C2CN(CC(F)(F)F)C2)c(Cl)c1. The molecule has 0 atom stereocenters. The lowest BCUT2D eigenvalue weighted by Gasteiger charge is -2.40. The van der Waals surface area contributed by atoms with Crippen LogP contribution in [0.25, 0.3) is 0 Å². The molecule has 1 aliphatic heterocycles. The van der Waals surface area contributed by atoms with Crippen LogP contribution in [0.15, 0.2) is 18.2 Å². The lowest BCUT2D eigenvalue weighted by atomic mass is 9.91. The summed E-state index contributed by atoms with van der Waals surface area (Å²) in [6, 6.07) is 5.13. The molecule has 0 aromatic heterocycles. The Morgan fingerprint density at radius 1 is 1.33 bits per heavy atom.